The average Bonchev–Trinajstić information content (AvgIpc) is 2.96. The van der Waals surface area contributed by atoms with E-state index in [9.17, 15) is 10.4 Å². The third-order valence-electron chi connectivity index (χ3n) is 4.23. The predicted molar refractivity (Wildman–Crippen MR) is 98.7 cm³/mol. The fourth-order valence-corrected chi connectivity index (χ4v) is 3.12. The van der Waals surface area contributed by atoms with Gasteiger partial charge in [0.15, 0.2) is 0 Å². The first-order valence-corrected chi connectivity index (χ1v) is 8.01. The number of hydrogen-bond acceptors (Lipinski definition) is 5. The van der Waals surface area contributed by atoms with Crippen LogP contribution in [0.2, 0.25) is 0 Å². The number of phenols is 1. The van der Waals surface area contributed by atoms with Gasteiger partial charge in [-0.15, -0.1) is 0 Å². The highest BCUT2D eigenvalue weighted by Gasteiger charge is 2.19. The number of benzene rings is 2. The van der Waals surface area contributed by atoms with Crippen molar-refractivity contribution in [3.8, 4) is 28.8 Å². The third-order valence-corrected chi connectivity index (χ3v) is 4.23. The number of fused-ring (bicyclic) bond motifs is 1. The number of nitrogens with zero attached hydrogens (tertiary/aromatic N) is 2. The Kier molecular flexibility index (Phi) is 4.50. The van der Waals surface area contributed by atoms with Gasteiger partial charge in [-0.3, -0.25) is 0 Å². The number of aromatic hydroxyl groups is 1. The van der Waals surface area contributed by atoms with E-state index < -0.39 is 0 Å². The Hall–Kier alpha value is -3.17. The van der Waals surface area contributed by atoms with Crippen LogP contribution in [0.4, 0.5) is 5.69 Å². The molecule has 0 amide bonds. The predicted octanol–water partition coefficient (Wildman–Crippen LogP) is 3.46. The van der Waals surface area contributed by atoms with E-state index in [1.54, 1.807) is 20.2 Å². The van der Waals surface area contributed by atoms with Gasteiger partial charge in [-0.1, -0.05) is 0 Å². The third kappa shape index (κ3) is 2.75. The summed E-state index contributed by atoms with van der Waals surface area (Å²) in [6.07, 6.45) is 0. The summed E-state index contributed by atoms with van der Waals surface area (Å²) in [6.45, 7) is 2.74. The molecule has 0 aliphatic heterocycles. The number of nitrogens with one attached hydrogen (secondary N) is 2. The van der Waals surface area contributed by atoms with Crippen LogP contribution in [0.5, 0.6) is 11.5 Å². The molecule has 128 valence electrons. The second kappa shape index (κ2) is 6.75. The molecule has 6 nitrogen and oxygen atoms in total. The molecule has 1 heterocycles. The van der Waals surface area contributed by atoms with Gasteiger partial charge in [0.05, 0.1) is 29.6 Å². The van der Waals surface area contributed by atoms with Crippen molar-refractivity contribution in [2.24, 2.45) is 0 Å². The maximum absolute atomic E-state index is 9.98. The lowest BCUT2D eigenvalue weighted by Crippen LogP contribution is -2.15. The molecule has 1 aromatic heterocycles. The molecule has 0 fully saturated rings. The quantitative estimate of drug-likeness (QED) is 0.491. The van der Waals surface area contributed by atoms with Gasteiger partial charge in [-0.05, 0) is 37.3 Å². The van der Waals surface area contributed by atoms with E-state index in [4.69, 9.17) is 4.74 Å². The van der Waals surface area contributed by atoms with E-state index in [1.165, 1.54) is 0 Å². The topological polar surface area (TPSA) is 82.2 Å². The van der Waals surface area contributed by atoms with Crippen LogP contribution in [0.1, 0.15) is 12.5 Å². The highest BCUT2D eigenvalue weighted by Crippen LogP contribution is 2.37. The zero-order valence-corrected chi connectivity index (χ0v) is 14.4. The Labute approximate surface area is 146 Å². The SMILES string of the molecule is CCn1c(-c2ccc(O)c(NNC)c2)c(C#N)c2ccc(OC)cc21. The summed E-state index contributed by atoms with van der Waals surface area (Å²) in [6, 6.07) is 13.3. The molecule has 0 saturated carbocycles. The number of phenolic OH excluding ortho intramolecular Hbond substituents is 1. The molecule has 0 saturated heterocycles. The lowest BCUT2D eigenvalue weighted by atomic mass is 10.0. The minimum absolute atomic E-state index is 0.137. The number of hydrogen-bond donors (Lipinski definition) is 3. The van der Waals surface area contributed by atoms with Crippen LogP contribution in [-0.2, 0) is 6.54 Å². The first-order valence-electron chi connectivity index (χ1n) is 8.01. The molecule has 0 aliphatic rings. The lowest BCUT2D eigenvalue weighted by molar-refractivity contribution is 0.415. The monoisotopic (exact) mass is 336 g/mol. The van der Waals surface area contributed by atoms with Crippen LogP contribution >= 0.6 is 0 Å². The van der Waals surface area contributed by atoms with Crippen LogP contribution in [-0.4, -0.2) is 23.8 Å². The van der Waals surface area contributed by atoms with Crippen molar-refractivity contribution < 1.29 is 9.84 Å². The molecule has 0 aliphatic carbocycles. The Morgan fingerprint density at radius 2 is 2.04 bits per heavy atom. The molecule has 6 heteroatoms. The number of aryl methyl sites for hydroxylation is 1. The van der Waals surface area contributed by atoms with Crippen LogP contribution in [0.3, 0.4) is 0 Å². The van der Waals surface area contributed by atoms with Crippen molar-refractivity contribution in [2.75, 3.05) is 19.6 Å². The number of methoxy groups -OCH3 is 1. The average molecular weight is 336 g/mol. The molecular weight excluding hydrogens is 316 g/mol. The van der Waals surface area contributed by atoms with E-state index >= 15 is 0 Å². The normalized spacial score (nSPS) is 10.6. The molecule has 3 rings (SSSR count). The summed E-state index contributed by atoms with van der Waals surface area (Å²) in [5, 5.41) is 20.6. The lowest BCUT2D eigenvalue weighted by Gasteiger charge is -2.12. The van der Waals surface area contributed by atoms with E-state index in [0.29, 0.717) is 17.8 Å². The van der Waals surface area contributed by atoms with Gasteiger partial charge < -0.3 is 19.8 Å². The molecule has 0 atom stereocenters. The number of hydrazine groups is 1. The van der Waals surface area contributed by atoms with Crippen LogP contribution in [0.25, 0.3) is 22.2 Å². The molecule has 0 spiro atoms. The minimum atomic E-state index is 0.137. The zero-order chi connectivity index (χ0) is 18.0. The van der Waals surface area contributed by atoms with Crippen molar-refractivity contribution >= 4 is 16.6 Å². The number of rotatable bonds is 5. The highest BCUT2D eigenvalue weighted by molar-refractivity contribution is 5.95. The van der Waals surface area contributed by atoms with Gasteiger partial charge in [0.25, 0.3) is 0 Å². The first kappa shape index (κ1) is 16.7. The number of aromatic nitrogens is 1. The summed E-state index contributed by atoms with van der Waals surface area (Å²) in [7, 11) is 3.35. The van der Waals surface area contributed by atoms with Crippen molar-refractivity contribution in [3.05, 3.63) is 42.0 Å². The highest BCUT2D eigenvalue weighted by atomic mass is 16.5. The number of anilines is 1. The molecule has 0 bridgehead atoms. The second-order valence-electron chi connectivity index (χ2n) is 5.57. The van der Waals surface area contributed by atoms with Crippen LogP contribution < -0.4 is 15.6 Å². The Balaban J connectivity index is 2.32. The van der Waals surface area contributed by atoms with E-state index in [2.05, 4.69) is 21.5 Å². The maximum atomic E-state index is 9.98. The van der Waals surface area contributed by atoms with Crippen molar-refractivity contribution in [3.63, 3.8) is 0 Å². The van der Waals surface area contributed by atoms with Crippen molar-refractivity contribution in [1.82, 2.24) is 9.99 Å². The van der Waals surface area contributed by atoms with E-state index in [-0.39, 0.29) is 5.75 Å². The summed E-state index contributed by atoms with van der Waals surface area (Å²) in [5.41, 5.74) is 9.49. The Morgan fingerprint density at radius 3 is 2.68 bits per heavy atom. The number of nitriles is 1. The second-order valence-corrected chi connectivity index (χ2v) is 5.57. The van der Waals surface area contributed by atoms with Gasteiger partial charge in [-0.2, -0.15) is 5.26 Å². The fraction of sp³-hybridized carbons (Fsp3) is 0.211. The summed E-state index contributed by atoms with van der Waals surface area (Å²) >= 11 is 0. The molecular formula is C19H20N4O2. The van der Waals surface area contributed by atoms with Crippen molar-refractivity contribution in [1.29, 1.82) is 5.26 Å². The molecule has 0 radical (unpaired) electrons. The van der Waals surface area contributed by atoms with E-state index in [0.717, 1.165) is 27.9 Å². The minimum Gasteiger partial charge on any atom is -0.506 e. The van der Waals surface area contributed by atoms with Gasteiger partial charge in [0.2, 0.25) is 0 Å². The zero-order valence-electron chi connectivity index (χ0n) is 14.4. The largest absolute Gasteiger partial charge is 0.506 e. The molecule has 0 unspecified atom stereocenters. The summed E-state index contributed by atoms with van der Waals surface area (Å²) < 4.78 is 7.42. The maximum Gasteiger partial charge on any atom is 0.140 e. The van der Waals surface area contributed by atoms with Gasteiger partial charge in [0, 0.05) is 30.6 Å². The fourth-order valence-electron chi connectivity index (χ4n) is 3.12. The van der Waals surface area contributed by atoms with Gasteiger partial charge in [0.1, 0.15) is 17.6 Å². The summed E-state index contributed by atoms with van der Waals surface area (Å²) in [4.78, 5) is 0. The molecule has 3 aromatic rings. The Morgan fingerprint density at radius 1 is 1.24 bits per heavy atom. The van der Waals surface area contributed by atoms with Crippen molar-refractivity contribution in [2.45, 2.75) is 13.5 Å². The Bertz CT molecular complexity index is 970. The van der Waals surface area contributed by atoms with Gasteiger partial charge >= 0.3 is 0 Å². The molecule has 25 heavy (non-hydrogen) atoms. The van der Waals surface area contributed by atoms with Gasteiger partial charge in [-0.25, -0.2) is 5.43 Å². The van der Waals surface area contributed by atoms with E-state index in [1.807, 2.05) is 37.3 Å². The smallest absolute Gasteiger partial charge is 0.140 e. The van der Waals surface area contributed by atoms with Crippen LogP contribution in [0.15, 0.2) is 36.4 Å². The molecule has 3 N–H and O–H groups in total. The first-order chi connectivity index (χ1) is 12.1. The summed E-state index contributed by atoms with van der Waals surface area (Å²) in [5.74, 6) is 0.886. The number of ether oxygens (including phenoxy) is 1. The molecule has 2 aromatic carbocycles. The van der Waals surface area contributed by atoms with Crippen LogP contribution in [0, 0.1) is 11.3 Å². The standard InChI is InChI=1S/C19H20N4O2/c1-4-23-17-10-13(25-3)6-7-14(17)15(11-20)19(23)12-5-8-18(24)16(9-12)22-21-2/h5-10,21-22,24H,4H2,1-3H3.